The van der Waals surface area contributed by atoms with Crippen molar-refractivity contribution in [2.45, 2.75) is 38.3 Å². The van der Waals surface area contributed by atoms with E-state index >= 15 is 0 Å². The molecule has 188 valence electrons. The standard InChI is InChI=1S/C29H33N3O4/c33-28(23-9-8-21-4-1-2-5-22(21)16-23)31-25-10-11-27(30-18-25)32-14-12-20(13-15-32)19-36-26-7-3-6-24(17-26)29(34)35/h1-7,10-11,17-18,20,23,28,31,33H,8-9,12-16,19H2,(H,34,35). The van der Waals surface area contributed by atoms with Crippen LogP contribution in [0.5, 0.6) is 5.75 Å². The maximum atomic E-state index is 11.1. The molecule has 7 heteroatoms. The van der Waals surface area contributed by atoms with Crippen LogP contribution in [0, 0.1) is 11.8 Å². The van der Waals surface area contributed by atoms with Gasteiger partial charge in [-0.3, -0.25) is 0 Å². The molecule has 7 nitrogen and oxygen atoms in total. The highest BCUT2D eigenvalue weighted by Crippen LogP contribution is 2.29. The first-order valence-electron chi connectivity index (χ1n) is 12.7. The number of pyridine rings is 1. The van der Waals surface area contributed by atoms with E-state index in [-0.39, 0.29) is 11.5 Å². The number of nitrogens with one attached hydrogen (secondary N) is 1. The van der Waals surface area contributed by atoms with Crippen LogP contribution in [0.2, 0.25) is 0 Å². The molecule has 0 saturated carbocycles. The number of aromatic carboxylic acids is 1. The van der Waals surface area contributed by atoms with Gasteiger partial charge in [-0.05, 0) is 79.5 Å². The Morgan fingerprint density at radius 3 is 2.61 bits per heavy atom. The van der Waals surface area contributed by atoms with E-state index in [4.69, 9.17) is 9.84 Å². The highest BCUT2D eigenvalue weighted by molar-refractivity contribution is 5.88. The van der Waals surface area contributed by atoms with Crippen LogP contribution in [0.15, 0.2) is 66.9 Å². The van der Waals surface area contributed by atoms with Crippen LogP contribution >= 0.6 is 0 Å². The maximum absolute atomic E-state index is 11.1. The average Bonchev–Trinajstić information content (AvgIpc) is 2.92. The molecule has 2 heterocycles. The molecule has 2 aliphatic rings. The smallest absolute Gasteiger partial charge is 0.335 e. The second-order valence-electron chi connectivity index (χ2n) is 9.84. The third-order valence-corrected chi connectivity index (χ3v) is 7.40. The third-order valence-electron chi connectivity index (χ3n) is 7.40. The highest BCUT2D eigenvalue weighted by atomic mass is 16.5. The fourth-order valence-corrected chi connectivity index (χ4v) is 5.20. The molecule has 3 N–H and O–H groups in total. The lowest BCUT2D eigenvalue weighted by Gasteiger charge is -2.33. The number of carbonyl (C=O) groups is 1. The average molecular weight is 488 g/mol. The van der Waals surface area contributed by atoms with Crippen molar-refractivity contribution in [3.05, 3.63) is 83.6 Å². The number of piperidine rings is 1. The van der Waals surface area contributed by atoms with E-state index in [1.807, 2.05) is 12.1 Å². The van der Waals surface area contributed by atoms with E-state index in [1.54, 1.807) is 30.5 Å². The number of ether oxygens (including phenoxy) is 1. The molecule has 0 radical (unpaired) electrons. The summed E-state index contributed by atoms with van der Waals surface area (Å²) in [5.41, 5.74) is 3.81. The lowest BCUT2D eigenvalue weighted by molar-refractivity contribution is 0.0696. The zero-order valence-electron chi connectivity index (χ0n) is 20.3. The molecule has 1 fully saturated rings. The predicted octanol–water partition coefficient (Wildman–Crippen LogP) is 4.61. The van der Waals surface area contributed by atoms with Gasteiger partial charge in [-0.1, -0.05) is 30.3 Å². The van der Waals surface area contributed by atoms with Crippen LogP contribution in [0.3, 0.4) is 0 Å². The Hall–Kier alpha value is -3.58. The largest absolute Gasteiger partial charge is 0.493 e. The Morgan fingerprint density at radius 1 is 1.06 bits per heavy atom. The number of carboxylic acids is 1. The summed E-state index contributed by atoms with van der Waals surface area (Å²) in [5, 5.41) is 23.2. The zero-order chi connectivity index (χ0) is 24.9. The molecule has 2 aromatic carbocycles. The first-order chi connectivity index (χ1) is 17.5. The molecular weight excluding hydrogens is 454 g/mol. The van der Waals surface area contributed by atoms with E-state index < -0.39 is 12.2 Å². The van der Waals surface area contributed by atoms with Gasteiger partial charge in [0.15, 0.2) is 0 Å². The van der Waals surface area contributed by atoms with E-state index in [1.165, 1.54) is 11.1 Å². The van der Waals surface area contributed by atoms with Gasteiger partial charge in [0, 0.05) is 19.0 Å². The molecule has 5 rings (SSSR count). The van der Waals surface area contributed by atoms with Crippen LogP contribution in [0.4, 0.5) is 11.5 Å². The fraction of sp³-hybridized carbons (Fsp3) is 0.379. The summed E-state index contributed by atoms with van der Waals surface area (Å²) in [4.78, 5) is 18.1. The first-order valence-corrected chi connectivity index (χ1v) is 12.7. The van der Waals surface area contributed by atoms with Crippen molar-refractivity contribution in [2.24, 2.45) is 11.8 Å². The van der Waals surface area contributed by atoms with Gasteiger partial charge in [0.2, 0.25) is 0 Å². The van der Waals surface area contributed by atoms with Crippen molar-refractivity contribution in [3.63, 3.8) is 0 Å². The number of fused-ring (bicyclic) bond motifs is 1. The van der Waals surface area contributed by atoms with Crippen molar-refractivity contribution < 1.29 is 19.7 Å². The summed E-state index contributed by atoms with van der Waals surface area (Å²) >= 11 is 0. The summed E-state index contributed by atoms with van der Waals surface area (Å²) in [6, 6.07) is 19.1. The number of hydrogen-bond acceptors (Lipinski definition) is 6. The summed E-state index contributed by atoms with van der Waals surface area (Å²) in [7, 11) is 0. The minimum atomic E-state index is -0.947. The van der Waals surface area contributed by atoms with Gasteiger partial charge in [0.25, 0.3) is 0 Å². The molecule has 0 spiro atoms. The fourth-order valence-electron chi connectivity index (χ4n) is 5.20. The normalized spacial score (nSPS) is 18.8. The van der Waals surface area contributed by atoms with Crippen LogP contribution in [0.25, 0.3) is 0 Å². The predicted molar refractivity (Wildman–Crippen MR) is 140 cm³/mol. The first kappa shape index (κ1) is 24.1. The number of anilines is 2. The number of aliphatic hydroxyl groups excluding tert-OH is 1. The Morgan fingerprint density at radius 2 is 1.86 bits per heavy atom. The Labute approximate surface area is 211 Å². The quantitative estimate of drug-likeness (QED) is 0.400. The Kier molecular flexibility index (Phi) is 7.37. The maximum Gasteiger partial charge on any atom is 0.335 e. The van der Waals surface area contributed by atoms with Crippen molar-refractivity contribution in [3.8, 4) is 5.75 Å². The number of nitrogens with zero attached hydrogens (tertiary/aromatic N) is 2. The number of aryl methyl sites for hydroxylation is 1. The molecule has 3 aromatic rings. The third kappa shape index (κ3) is 5.79. The topological polar surface area (TPSA) is 94.9 Å². The second kappa shape index (κ2) is 11.0. The molecule has 0 amide bonds. The molecule has 1 saturated heterocycles. The summed E-state index contributed by atoms with van der Waals surface area (Å²) in [5.74, 6) is 1.20. The Bertz CT molecular complexity index is 1180. The van der Waals surface area contributed by atoms with Crippen molar-refractivity contribution in [1.29, 1.82) is 0 Å². The summed E-state index contributed by atoms with van der Waals surface area (Å²) in [6.07, 6.45) is 6.05. The molecule has 2 unspecified atom stereocenters. The number of hydrogen-bond donors (Lipinski definition) is 3. The number of rotatable bonds is 8. The number of aliphatic hydroxyl groups is 1. The minimum Gasteiger partial charge on any atom is -0.493 e. The summed E-state index contributed by atoms with van der Waals surface area (Å²) < 4.78 is 5.87. The van der Waals surface area contributed by atoms with Gasteiger partial charge >= 0.3 is 5.97 Å². The number of aromatic nitrogens is 1. The van der Waals surface area contributed by atoms with Gasteiger partial charge in [-0.15, -0.1) is 0 Å². The molecule has 1 aromatic heterocycles. The zero-order valence-corrected chi connectivity index (χ0v) is 20.3. The molecule has 1 aliphatic carbocycles. The van der Waals surface area contributed by atoms with Crippen LogP contribution < -0.4 is 15.0 Å². The molecule has 2 atom stereocenters. The van der Waals surface area contributed by atoms with E-state index in [0.29, 0.717) is 18.3 Å². The molecular formula is C29H33N3O4. The molecule has 36 heavy (non-hydrogen) atoms. The summed E-state index contributed by atoms with van der Waals surface area (Å²) in [6.45, 7) is 2.37. The van der Waals surface area contributed by atoms with Crippen LogP contribution in [-0.4, -0.2) is 47.1 Å². The van der Waals surface area contributed by atoms with E-state index in [0.717, 1.165) is 56.7 Å². The lowest BCUT2D eigenvalue weighted by atomic mass is 9.83. The van der Waals surface area contributed by atoms with Gasteiger partial charge in [0.05, 0.1) is 24.1 Å². The van der Waals surface area contributed by atoms with Crippen molar-refractivity contribution in [2.75, 3.05) is 29.9 Å². The van der Waals surface area contributed by atoms with Gasteiger partial charge in [-0.25, -0.2) is 9.78 Å². The SMILES string of the molecule is O=C(O)c1cccc(OCC2CCN(c3ccc(NC(O)C4CCc5ccccc5C4)cn3)CC2)c1. The van der Waals surface area contributed by atoms with Crippen molar-refractivity contribution >= 4 is 17.5 Å². The monoisotopic (exact) mass is 487 g/mol. The Balaban J connectivity index is 1.08. The second-order valence-corrected chi connectivity index (χ2v) is 9.84. The lowest BCUT2D eigenvalue weighted by Crippen LogP contribution is -2.36. The van der Waals surface area contributed by atoms with Crippen LogP contribution in [0.1, 0.15) is 40.7 Å². The van der Waals surface area contributed by atoms with E-state index in [2.05, 4.69) is 39.5 Å². The van der Waals surface area contributed by atoms with Crippen molar-refractivity contribution in [1.82, 2.24) is 4.98 Å². The van der Waals surface area contributed by atoms with Gasteiger partial charge < -0.3 is 25.2 Å². The molecule has 1 aliphatic heterocycles. The molecule has 0 bridgehead atoms. The minimum absolute atomic E-state index is 0.187. The number of benzene rings is 2. The van der Waals surface area contributed by atoms with Gasteiger partial charge in [0.1, 0.15) is 17.8 Å². The number of carboxylic acid groups (broad SMARTS) is 1. The van der Waals surface area contributed by atoms with E-state index in [9.17, 15) is 9.90 Å². The highest BCUT2D eigenvalue weighted by Gasteiger charge is 2.25. The van der Waals surface area contributed by atoms with Gasteiger partial charge in [-0.2, -0.15) is 0 Å². The van der Waals surface area contributed by atoms with Crippen LogP contribution in [-0.2, 0) is 12.8 Å².